The fraction of sp³-hybridized carbons (Fsp3) is 0.500. The molecule has 0 radical (unpaired) electrons. The van der Waals surface area contributed by atoms with Crippen LogP contribution in [0.25, 0.3) is 10.8 Å². The third-order valence-electron chi connectivity index (χ3n) is 5.90. The van der Waals surface area contributed by atoms with Crippen molar-refractivity contribution in [3.05, 3.63) is 42.5 Å². The van der Waals surface area contributed by atoms with E-state index in [1.54, 1.807) is 0 Å². The predicted octanol–water partition coefficient (Wildman–Crippen LogP) is 3.33. The lowest BCUT2D eigenvalue weighted by Crippen LogP contribution is -2.51. The molecule has 0 spiro atoms. The molecular formula is C22H30N4O. The molecule has 2 aliphatic heterocycles. The molecule has 0 saturated carbocycles. The van der Waals surface area contributed by atoms with Gasteiger partial charge in [0.05, 0.1) is 0 Å². The summed E-state index contributed by atoms with van der Waals surface area (Å²) in [7, 11) is 2.22. The monoisotopic (exact) mass is 366 g/mol. The summed E-state index contributed by atoms with van der Waals surface area (Å²) in [6.07, 6.45) is 2.66. The molecule has 2 aliphatic rings. The fourth-order valence-corrected chi connectivity index (χ4v) is 4.39. The fourth-order valence-electron chi connectivity index (χ4n) is 4.39. The van der Waals surface area contributed by atoms with Crippen molar-refractivity contribution in [3.63, 3.8) is 0 Å². The average molecular weight is 367 g/mol. The Balaban J connectivity index is 1.27. The van der Waals surface area contributed by atoms with E-state index < -0.39 is 0 Å². The summed E-state index contributed by atoms with van der Waals surface area (Å²) in [6.45, 7) is 7.19. The molecule has 2 heterocycles. The molecule has 0 aliphatic carbocycles. The van der Waals surface area contributed by atoms with Crippen LogP contribution in [0.4, 0.5) is 10.5 Å². The van der Waals surface area contributed by atoms with Gasteiger partial charge >= 0.3 is 6.03 Å². The summed E-state index contributed by atoms with van der Waals surface area (Å²) in [5, 5.41) is 5.41. The van der Waals surface area contributed by atoms with Gasteiger partial charge in [0.1, 0.15) is 0 Å². The van der Waals surface area contributed by atoms with Crippen molar-refractivity contribution < 1.29 is 4.79 Å². The van der Waals surface area contributed by atoms with Crippen molar-refractivity contribution in [1.29, 1.82) is 0 Å². The zero-order valence-electron chi connectivity index (χ0n) is 16.2. The van der Waals surface area contributed by atoms with Crippen LogP contribution in [-0.2, 0) is 0 Å². The Morgan fingerprint density at radius 1 is 1.04 bits per heavy atom. The summed E-state index contributed by atoms with van der Waals surface area (Å²) in [6, 6.07) is 14.3. The summed E-state index contributed by atoms with van der Waals surface area (Å²) in [4.78, 5) is 19.6. The highest BCUT2D eigenvalue weighted by Crippen LogP contribution is 2.20. The molecule has 2 aromatic carbocycles. The van der Waals surface area contributed by atoms with Gasteiger partial charge in [-0.25, -0.2) is 4.79 Å². The predicted molar refractivity (Wildman–Crippen MR) is 111 cm³/mol. The van der Waals surface area contributed by atoms with Crippen LogP contribution < -0.4 is 5.32 Å². The zero-order chi connectivity index (χ0) is 18.6. The number of carbonyl (C=O) groups is 1. The number of likely N-dealkylation sites (tertiary alicyclic amines) is 1. The lowest BCUT2D eigenvalue weighted by atomic mass is 9.97. The number of nitrogens with zero attached hydrogens (tertiary/aromatic N) is 3. The second-order valence-electron chi connectivity index (χ2n) is 8.05. The zero-order valence-corrected chi connectivity index (χ0v) is 16.2. The first-order chi connectivity index (χ1) is 13.2. The van der Waals surface area contributed by atoms with Crippen LogP contribution in [0.5, 0.6) is 0 Å². The molecule has 5 heteroatoms. The van der Waals surface area contributed by atoms with Crippen LogP contribution >= 0.6 is 0 Å². The summed E-state index contributed by atoms with van der Waals surface area (Å²) < 4.78 is 0. The number of urea groups is 1. The maximum atomic E-state index is 12.6. The Kier molecular flexibility index (Phi) is 5.60. The van der Waals surface area contributed by atoms with Crippen molar-refractivity contribution in [3.8, 4) is 0 Å². The first-order valence-electron chi connectivity index (χ1n) is 10.1. The second kappa shape index (κ2) is 8.28. The van der Waals surface area contributed by atoms with Gasteiger partial charge in [-0.3, -0.25) is 4.90 Å². The molecule has 5 nitrogen and oxygen atoms in total. The molecule has 0 aromatic heterocycles. The molecule has 2 fully saturated rings. The molecule has 1 atom stereocenters. The van der Waals surface area contributed by atoms with Gasteiger partial charge < -0.3 is 15.1 Å². The minimum absolute atomic E-state index is 0.0160. The van der Waals surface area contributed by atoms with Crippen molar-refractivity contribution >= 4 is 22.5 Å². The van der Waals surface area contributed by atoms with Crippen molar-refractivity contribution in [2.45, 2.75) is 12.8 Å². The highest BCUT2D eigenvalue weighted by molar-refractivity contribution is 5.93. The van der Waals surface area contributed by atoms with E-state index in [1.807, 2.05) is 29.2 Å². The van der Waals surface area contributed by atoms with E-state index in [4.69, 9.17) is 0 Å². The molecule has 1 unspecified atom stereocenters. The summed E-state index contributed by atoms with van der Waals surface area (Å²) in [5.74, 6) is 0.779. The highest BCUT2D eigenvalue weighted by Gasteiger charge is 2.25. The smallest absolute Gasteiger partial charge is 0.321 e. The summed E-state index contributed by atoms with van der Waals surface area (Å²) in [5.41, 5.74) is 0.867. The highest BCUT2D eigenvalue weighted by atomic mass is 16.2. The number of hydrogen-bond donors (Lipinski definition) is 1. The number of fused-ring (bicyclic) bond motifs is 1. The number of hydrogen-bond acceptors (Lipinski definition) is 3. The number of anilines is 1. The standard InChI is InChI=1S/C22H30N4O/c1-24-10-4-5-18(16-24)17-25-11-13-26(14-12-25)22(27)23-21-9-8-19-6-2-3-7-20(19)15-21/h2-3,6-9,15,18H,4-5,10-14,16-17H2,1H3,(H,23,27). The Hall–Kier alpha value is -2.11. The van der Waals surface area contributed by atoms with Crippen molar-refractivity contribution in [2.75, 3.05) is 58.2 Å². The third kappa shape index (κ3) is 4.60. The molecule has 2 saturated heterocycles. The lowest BCUT2D eigenvalue weighted by molar-refractivity contribution is 0.109. The molecular weight excluding hydrogens is 336 g/mol. The van der Waals surface area contributed by atoms with E-state index in [0.717, 1.165) is 43.2 Å². The summed E-state index contributed by atoms with van der Waals surface area (Å²) >= 11 is 0. The number of carbonyl (C=O) groups excluding carboxylic acids is 1. The SMILES string of the molecule is CN1CCCC(CN2CCN(C(=O)Nc3ccc4ccccc4c3)CC2)C1. The van der Waals surface area contributed by atoms with E-state index in [2.05, 4.69) is 40.4 Å². The van der Waals surface area contributed by atoms with E-state index in [9.17, 15) is 4.79 Å². The van der Waals surface area contributed by atoms with Crippen molar-refractivity contribution in [2.24, 2.45) is 5.92 Å². The van der Waals surface area contributed by atoms with E-state index >= 15 is 0 Å². The van der Waals surface area contributed by atoms with Crippen LogP contribution in [0.1, 0.15) is 12.8 Å². The number of benzene rings is 2. The maximum Gasteiger partial charge on any atom is 0.321 e. The van der Waals surface area contributed by atoms with E-state index in [-0.39, 0.29) is 6.03 Å². The normalized spacial score (nSPS) is 22.1. The number of amides is 2. The number of rotatable bonds is 3. The minimum Gasteiger partial charge on any atom is -0.322 e. The average Bonchev–Trinajstić information content (AvgIpc) is 2.68. The van der Waals surface area contributed by atoms with Crippen molar-refractivity contribution in [1.82, 2.24) is 14.7 Å². The molecule has 2 amide bonds. The second-order valence-corrected chi connectivity index (χ2v) is 8.05. The number of piperidine rings is 1. The quantitative estimate of drug-likeness (QED) is 0.906. The topological polar surface area (TPSA) is 38.8 Å². The Labute approximate surface area is 161 Å². The van der Waals surface area contributed by atoms with Crippen LogP contribution in [-0.4, -0.2) is 73.6 Å². The van der Waals surface area contributed by atoms with Crippen LogP contribution in [0.2, 0.25) is 0 Å². The molecule has 0 bridgehead atoms. The molecule has 1 N–H and O–H groups in total. The number of nitrogens with one attached hydrogen (secondary N) is 1. The first-order valence-corrected chi connectivity index (χ1v) is 10.1. The maximum absolute atomic E-state index is 12.6. The van der Waals surface area contributed by atoms with Gasteiger partial charge in [0, 0.05) is 45.0 Å². The Morgan fingerprint density at radius 2 is 1.81 bits per heavy atom. The van der Waals surface area contributed by atoms with Gasteiger partial charge in [-0.05, 0) is 55.3 Å². The lowest BCUT2D eigenvalue weighted by Gasteiger charge is -2.38. The molecule has 27 heavy (non-hydrogen) atoms. The third-order valence-corrected chi connectivity index (χ3v) is 5.90. The minimum atomic E-state index is 0.0160. The molecule has 144 valence electrons. The van der Waals surface area contributed by atoms with E-state index in [0.29, 0.717) is 0 Å². The molecule has 2 aromatic rings. The van der Waals surface area contributed by atoms with E-state index in [1.165, 1.54) is 37.9 Å². The molecule has 4 rings (SSSR count). The largest absolute Gasteiger partial charge is 0.322 e. The Morgan fingerprint density at radius 3 is 2.59 bits per heavy atom. The van der Waals surface area contributed by atoms with Gasteiger partial charge in [0.2, 0.25) is 0 Å². The van der Waals surface area contributed by atoms with Crippen LogP contribution in [0, 0.1) is 5.92 Å². The van der Waals surface area contributed by atoms with Gasteiger partial charge in [0.15, 0.2) is 0 Å². The van der Waals surface area contributed by atoms with Gasteiger partial charge in [-0.15, -0.1) is 0 Å². The Bertz CT molecular complexity index is 785. The van der Waals surface area contributed by atoms with Gasteiger partial charge in [0.25, 0.3) is 0 Å². The van der Waals surface area contributed by atoms with Gasteiger partial charge in [-0.1, -0.05) is 30.3 Å². The van der Waals surface area contributed by atoms with Crippen LogP contribution in [0.15, 0.2) is 42.5 Å². The van der Waals surface area contributed by atoms with Gasteiger partial charge in [-0.2, -0.15) is 0 Å². The van der Waals surface area contributed by atoms with Crippen LogP contribution in [0.3, 0.4) is 0 Å². The number of piperazine rings is 1. The first kappa shape index (κ1) is 18.3.